The van der Waals surface area contributed by atoms with Gasteiger partial charge in [-0.05, 0) is 29.5 Å². The van der Waals surface area contributed by atoms with Crippen molar-refractivity contribution in [3.05, 3.63) is 39.8 Å². The summed E-state index contributed by atoms with van der Waals surface area (Å²) in [4.78, 5) is 20.8. The number of nitrogens with one attached hydrogen (secondary N) is 1. The zero-order valence-corrected chi connectivity index (χ0v) is 10.8. The van der Waals surface area contributed by atoms with Crippen molar-refractivity contribution < 1.29 is 0 Å². The van der Waals surface area contributed by atoms with Crippen molar-refractivity contribution in [1.29, 1.82) is 0 Å². The van der Waals surface area contributed by atoms with Gasteiger partial charge in [-0.3, -0.25) is 4.79 Å². The molecule has 3 rings (SSSR count). The summed E-state index contributed by atoms with van der Waals surface area (Å²) in [7, 11) is 0. The second-order valence-electron chi connectivity index (χ2n) is 3.69. The van der Waals surface area contributed by atoms with E-state index >= 15 is 0 Å². The Hall–Kier alpha value is -1.46. The van der Waals surface area contributed by atoms with Gasteiger partial charge in [0.25, 0.3) is 5.56 Å². The topological polar surface area (TPSA) is 45.8 Å². The first kappa shape index (κ1) is 10.7. The van der Waals surface area contributed by atoms with Gasteiger partial charge in [0, 0.05) is 9.75 Å². The Kier molecular flexibility index (Phi) is 2.57. The SMILES string of the molecule is CCc1ccsc1-c1cc2nc[nH]c(=O)c2s1. The fourth-order valence-electron chi connectivity index (χ4n) is 1.81. The van der Waals surface area contributed by atoms with Crippen molar-refractivity contribution in [3.63, 3.8) is 0 Å². The van der Waals surface area contributed by atoms with Crippen LogP contribution in [0.2, 0.25) is 0 Å². The molecule has 0 aromatic carbocycles. The van der Waals surface area contributed by atoms with E-state index in [1.807, 2.05) is 6.07 Å². The van der Waals surface area contributed by atoms with Gasteiger partial charge in [-0.25, -0.2) is 4.98 Å². The van der Waals surface area contributed by atoms with E-state index in [0.29, 0.717) is 4.70 Å². The maximum Gasteiger partial charge on any atom is 0.268 e. The Balaban J connectivity index is 2.25. The lowest BCUT2D eigenvalue weighted by atomic mass is 10.2. The van der Waals surface area contributed by atoms with Gasteiger partial charge in [-0.1, -0.05) is 6.92 Å². The van der Waals surface area contributed by atoms with Gasteiger partial charge in [0.2, 0.25) is 0 Å². The van der Waals surface area contributed by atoms with E-state index < -0.39 is 0 Å². The molecule has 0 aliphatic rings. The Morgan fingerprint density at radius 3 is 3.12 bits per heavy atom. The van der Waals surface area contributed by atoms with Crippen LogP contribution < -0.4 is 5.56 Å². The molecule has 3 heterocycles. The maximum atomic E-state index is 11.6. The van der Waals surface area contributed by atoms with Gasteiger partial charge in [-0.2, -0.15) is 0 Å². The molecule has 3 aromatic heterocycles. The number of nitrogens with zero attached hydrogens (tertiary/aromatic N) is 1. The van der Waals surface area contributed by atoms with Crippen molar-refractivity contribution in [2.75, 3.05) is 0 Å². The molecule has 0 bridgehead atoms. The summed E-state index contributed by atoms with van der Waals surface area (Å²) in [6.07, 6.45) is 2.47. The summed E-state index contributed by atoms with van der Waals surface area (Å²) in [5.41, 5.74) is 2.06. The lowest BCUT2D eigenvalue weighted by molar-refractivity contribution is 1.16. The predicted octanol–water partition coefficient (Wildman–Crippen LogP) is 3.28. The number of fused-ring (bicyclic) bond motifs is 1. The van der Waals surface area contributed by atoms with E-state index in [0.717, 1.165) is 16.8 Å². The second kappa shape index (κ2) is 4.09. The molecule has 1 N–H and O–H groups in total. The molecular weight excluding hydrogens is 252 g/mol. The van der Waals surface area contributed by atoms with Gasteiger partial charge in [0.05, 0.1) is 11.8 Å². The summed E-state index contributed by atoms with van der Waals surface area (Å²) >= 11 is 3.23. The van der Waals surface area contributed by atoms with Gasteiger partial charge >= 0.3 is 0 Å². The van der Waals surface area contributed by atoms with Crippen LogP contribution >= 0.6 is 22.7 Å². The van der Waals surface area contributed by atoms with Crippen LogP contribution in [0.1, 0.15) is 12.5 Å². The third-order valence-corrected chi connectivity index (χ3v) is 4.93. The van der Waals surface area contributed by atoms with Gasteiger partial charge < -0.3 is 4.98 Å². The fraction of sp³-hybridized carbons (Fsp3) is 0.167. The summed E-state index contributed by atoms with van der Waals surface area (Å²) in [6, 6.07) is 4.14. The van der Waals surface area contributed by atoms with Crippen molar-refractivity contribution in [3.8, 4) is 9.75 Å². The largest absolute Gasteiger partial charge is 0.312 e. The molecule has 0 aliphatic carbocycles. The molecule has 0 amide bonds. The Morgan fingerprint density at radius 1 is 1.47 bits per heavy atom. The smallest absolute Gasteiger partial charge is 0.268 e. The molecule has 0 saturated carbocycles. The monoisotopic (exact) mass is 262 g/mol. The standard InChI is InChI=1S/C12H10N2OS2/c1-2-7-3-4-16-10(7)9-5-8-11(17-9)12(15)14-6-13-8/h3-6H,2H2,1H3,(H,13,14,15). The number of aryl methyl sites for hydroxylation is 1. The van der Waals surface area contributed by atoms with Crippen LogP contribution in [-0.4, -0.2) is 9.97 Å². The second-order valence-corrected chi connectivity index (χ2v) is 5.65. The van der Waals surface area contributed by atoms with Gasteiger partial charge in [0.1, 0.15) is 4.70 Å². The molecule has 17 heavy (non-hydrogen) atoms. The number of hydrogen-bond donors (Lipinski definition) is 1. The van der Waals surface area contributed by atoms with Crippen LogP contribution in [0.25, 0.3) is 20.0 Å². The molecule has 0 saturated heterocycles. The van der Waals surface area contributed by atoms with Crippen LogP contribution in [0.15, 0.2) is 28.6 Å². The molecule has 0 radical (unpaired) electrons. The molecule has 5 heteroatoms. The van der Waals surface area contributed by atoms with Crippen molar-refractivity contribution in [2.24, 2.45) is 0 Å². The Morgan fingerprint density at radius 2 is 2.35 bits per heavy atom. The van der Waals surface area contributed by atoms with E-state index in [-0.39, 0.29) is 5.56 Å². The highest BCUT2D eigenvalue weighted by Gasteiger charge is 2.11. The lowest BCUT2D eigenvalue weighted by Crippen LogP contribution is -2.02. The average Bonchev–Trinajstić information content (AvgIpc) is 2.94. The molecule has 3 aromatic rings. The highest BCUT2D eigenvalue weighted by atomic mass is 32.1. The van der Waals surface area contributed by atoms with E-state index in [1.54, 1.807) is 11.3 Å². The normalized spacial score (nSPS) is 11.1. The quantitative estimate of drug-likeness (QED) is 0.770. The van der Waals surface area contributed by atoms with E-state index in [4.69, 9.17) is 0 Å². The number of aromatic nitrogens is 2. The summed E-state index contributed by atoms with van der Waals surface area (Å²) < 4.78 is 0.706. The zero-order valence-electron chi connectivity index (χ0n) is 9.19. The van der Waals surface area contributed by atoms with Crippen LogP contribution in [0.3, 0.4) is 0 Å². The molecule has 3 nitrogen and oxygen atoms in total. The first-order valence-electron chi connectivity index (χ1n) is 5.33. The average molecular weight is 262 g/mol. The predicted molar refractivity (Wildman–Crippen MR) is 72.9 cm³/mol. The number of H-pyrrole nitrogens is 1. The minimum absolute atomic E-state index is 0.0548. The Labute approximate surface area is 106 Å². The van der Waals surface area contributed by atoms with Crippen LogP contribution in [-0.2, 0) is 6.42 Å². The van der Waals surface area contributed by atoms with Crippen LogP contribution in [0.4, 0.5) is 0 Å². The number of hydrogen-bond acceptors (Lipinski definition) is 4. The van der Waals surface area contributed by atoms with Crippen molar-refractivity contribution >= 4 is 32.9 Å². The van der Waals surface area contributed by atoms with E-state index in [2.05, 4.69) is 28.3 Å². The van der Waals surface area contributed by atoms with E-state index in [1.165, 1.54) is 28.1 Å². The zero-order chi connectivity index (χ0) is 11.8. The summed E-state index contributed by atoms with van der Waals surface area (Å²) in [6.45, 7) is 2.14. The summed E-state index contributed by atoms with van der Waals surface area (Å²) in [5, 5.41) is 2.09. The minimum atomic E-state index is -0.0548. The minimum Gasteiger partial charge on any atom is -0.312 e. The van der Waals surface area contributed by atoms with E-state index in [9.17, 15) is 4.79 Å². The highest BCUT2D eigenvalue weighted by Crippen LogP contribution is 2.36. The molecule has 0 unspecified atom stereocenters. The maximum absolute atomic E-state index is 11.6. The molecule has 0 atom stereocenters. The third-order valence-electron chi connectivity index (χ3n) is 2.67. The summed E-state index contributed by atoms with van der Waals surface area (Å²) in [5.74, 6) is 0. The highest BCUT2D eigenvalue weighted by molar-refractivity contribution is 7.25. The number of rotatable bonds is 2. The van der Waals surface area contributed by atoms with Gasteiger partial charge in [0.15, 0.2) is 0 Å². The number of aromatic amines is 1. The lowest BCUT2D eigenvalue weighted by Gasteiger charge is -1.95. The van der Waals surface area contributed by atoms with Crippen molar-refractivity contribution in [2.45, 2.75) is 13.3 Å². The molecular formula is C12H10N2OS2. The molecule has 0 spiro atoms. The first-order chi connectivity index (χ1) is 8.29. The molecule has 0 fully saturated rings. The number of thiophene rings is 2. The fourth-order valence-corrected chi connectivity index (χ4v) is 3.97. The van der Waals surface area contributed by atoms with Crippen molar-refractivity contribution in [1.82, 2.24) is 9.97 Å². The first-order valence-corrected chi connectivity index (χ1v) is 7.03. The molecule has 86 valence electrons. The molecule has 0 aliphatic heterocycles. The van der Waals surface area contributed by atoms with Gasteiger partial charge in [-0.15, -0.1) is 22.7 Å². The Bertz CT molecular complexity index is 723. The third kappa shape index (κ3) is 1.71. The van der Waals surface area contributed by atoms with Crippen LogP contribution in [0.5, 0.6) is 0 Å². The van der Waals surface area contributed by atoms with Crippen LogP contribution in [0, 0.1) is 0 Å².